The highest BCUT2D eigenvalue weighted by molar-refractivity contribution is 5.94. The Morgan fingerprint density at radius 2 is 1.77 bits per heavy atom. The minimum absolute atomic E-state index is 0.00332. The van der Waals surface area contributed by atoms with Crippen LogP contribution in [-0.2, 0) is 24.8 Å². The van der Waals surface area contributed by atoms with Gasteiger partial charge in [0.15, 0.2) is 0 Å². The maximum atomic E-state index is 14.0. The average molecular weight is 582 g/mol. The molecule has 0 radical (unpaired) electrons. The lowest BCUT2D eigenvalue weighted by Crippen LogP contribution is -2.53. The van der Waals surface area contributed by atoms with Crippen molar-refractivity contribution < 1.29 is 14.7 Å². The van der Waals surface area contributed by atoms with Crippen molar-refractivity contribution in [2.24, 2.45) is 13.0 Å². The van der Waals surface area contributed by atoms with Crippen molar-refractivity contribution >= 4 is 22.8 Å². The first-order chi connectivity index (χ1) is 20.8. The summed E-state index contributed by atoms with van der Waals surface area (Å²) in [5.74, 6) is -0.306. The third-order valence-corrected chi connectivity index (χ3v) is 9.35. The molecule has 0 bridgehead atoms. The molecule has 0 spiro atoms. The highest BCUT2D eigenvalue weighted by atomic mass is 16.3. The molecule has 9 nitrogen and oxygen atoms in total. The molecule has 2 atom stereocenters. The van der Waals surface area contributed by atoms with Gasteiger partial charge in [-0.2, -0.15) is 0 Å². The van der Waals surface area contributed by atoms with E-state index in [2.05, 4.69) is 11.9 Å². The van der Waals surface area contributed by atoms with Crippen molar-refractivity contribution in [3.63, 3.8) is 0 Å². The summed E-state index contributed by atoms with van der Waals surface area (Å²) in [5.41, 5.74) is 2.20. The number of aromatic nitrogens is 3. The predicted octanol–water partition coefficient (Wildman–Crippen LogP) is 3.60. The highest BCUT2D eigenvalue weighted by Gasteiger charge is 2.41. The van der Waals surface area contributed by atoms with E-state index in [0.29, 0.717) is 62.0 Å². The zero-order chi connectivity index (χ0) is 30.1. The summed E-state index contributed by atoms with van der Waals surface area (Å²) in [6.45, 7) is 4.03. The lowest BCUT2D eigenvalue weighted by Gasteiger charge is -2.43. The molecule has 2 aromatic heterocycles. The van der Waals surface area contributed by atoms with Gasteiger partial charge in [0.1, 0.15) is 12.0 Å². The number of carbonyl (C=O) groups excluding carboxylic acids is 2. The fourth-order valence-corrected chi connectivity index (χ4v) is 6.72. The van der Waals surface area contributed by atoms with Crippen LogP contribution in [0, 0.1) is 5.92 Å². The first kappa shape index (κ1) is 28.9. The molecular weight excluding hydrogens is 542 g/mol. The van der Waals surface area contributed by atoms with Gasteiger partial charge in [0.2, 0.25) is 5.91 Å². The molecule has 43 heavy (non-hydrogen) atoms. The van der Waals surface area contributed by atoms with E-state index >= 15 is 0 Å². The van der Waals surface area contributed by atoms with E-state index in [0.717, 1.165) is 17.5 Å². The van der Waals surface area contributed by atoms with Gasteiger partial charge in [-0.25, -0.2) is 4.98 Å². The number of carbonyl (C=O) groups is 2. The van der Waals surface area contributed by atoms with Crippen LogP contribution in [0.4, 0.5) is 0 Å². The van der Waals surface area contributed by atoms with Gasteiger partial charge in [-0.15, -0.1) is 0 Å². The summed E-state index contributed by atoms with van der Waals surface area (Å²) in [4.78, 5) is 48.7. The maximum absolute atomic E-state index is 14.0. The number of amides is 2. The molecule has 2 fully saturated rings. The first-order valence-corrected chi connectivity index (χ1v) is 15.2. The molecule has 224 valence electrons. The molecule has 0 saturated carbocycles. The van der Waals surface area contributed by atoms with Crippen LogP contribution in [0.25, 0.3) is 11.0 Å². The molecule has 4 aromatic rings. The van der Waals surface area contributed by atoms with Gasteiger partial charge < -0.3 is 19.5 Å². The molecule has 0 unspecified atom stereocenters. The van der Waals surface area contributed by atoms with E-state index < -0.39 is 5.60 Å². The van der Waals surface area contributed by atoms with E-state index in [9.17, 15) is 19.5 Å². The Balaban J connectivity index is 1.15. The Labute approximate surface area is 251 Å². The molecule has 2 aliphatic heterocycles. The third kappa shape index (κ3) is 5.73. The molecule has 0 aliphatic carbocycles. The van der Waals surface area contributed by atoms with Gasteiger partial charge >= 0.3 is 0 Å². The molecule has 1 N–H and O–H groups in total. The Morgan fingerprint density at radius 3 is 2.51 bits per heavy atom. The first-order valence-electron chi connectivity index (χ1n) is 15.2. The highest BCUT2D eigenvalue weighted by Crippen LogP contribution is 2.36. The fourth-order valence-electron chi connectivity index (χ4n) is 6.72. The summed E-state index contributed by atoms with van der Waals surface area (Å²) in [5, 5.41) is 12.0. The molecular formula is C34H39N5O4. The Kier molecular flexibility index (Phi) is 7.92. The summed E-state index contributed by atoms with van der Waals surface area (Å²) >= 11 is 0. The second-order valence-electron chi connectivity index (χ2n) is 12.1. The number of benzene rings is 2. The number of hydrogen-bond donors (Lipinski definition) is 1. The number of aliphatic hydroxyl groups is 1. The number of hydrogen-bond acceptors (Lipinski definition) is 5. The van der Waals surface area contributed by atoms with Crippen LogP contribution in [0.1, 0.15) is 53.6 Å². The zero-order valence-corrected chi connectivity index (χ0v) is 24.9. The number of likely N-dealkylation sites (tertiary alicyclic amines) is 2. The Bertz CT molecular complexity index is 1690. The van der Waals surface area contributed by atoms with Gasteiger partial charge in [-0.05, 0) is 55.0 Å². The second kappa shape index (κ2) is 11.8. The van der Waals surface area contributed by atoms with E-state index in [4.69, 9.17) is 0 Å². The van der Waals surface area contributed by atoms with Crippen LogP contribution in [0.15, 0.2) is 78.0 Å². The smallest absolute Gasteiger partial charge is 0.262 e. The lowest BCUT2D eigenvalue weighted by atomic mass is 9.79. The molecule has 4 heterocycles. The number of piperidine rings is 2. The monoisotopic (exact) mass is 581 g/mol. The van der Waals surface area contributed by atoms with Crippen molar-refractivity contribution in [3.05, 3.63) is 100 Å². The topological polar surface area (TPSA) is 101 Å². The SMILES string of the molecule is CCc1cccc(C(=O)N2CC[C@@H](C(=O)N3CCC(O)(Cn4cnc5c(ccn5C)c4=O)CC3)[C@H](c3ccccc3)C2)c1. The predicted molar refractivity (Wildman–Crippen MR) is 165 cm³/mol. The van der Waals surface area contributed by atoms with Crippen molar-refractivity contribution in [2.45, 2.75) is 50.7 Å². The zero-order valence-electron chi connectivity index (χ0n) is 24.9. The van der Waals surface area contributed by atoms with Crippen molar-refractivity contribution in [3.8, 4) is 0 Å². The van der Waals surface area contributed by atoms with Crippen molar-refractivity contribution in [2.75, 3.05) is 26.2 Å². The largest absolute Gasteiger partial charge is 0.388 e. The van der Waals surface area contributed by atoms with Crippen LogP contribution in [0.3, 0.4) is 0 Å². The normalized spacial score (nSPS) is 20.3. The second-order valence-corrected chi connectivity index (χ2v) is 12.1. The van der Waals surface area contributed by atoms with Gasteiger partial charge in [0.25, 0.3) is 11.5 Å². The number of nitrogens with zero attached hydrogens (tertiary/aromatic N) is 5. The van der Waals surface area contributed by atoms with Gasteiger partial charge in [0, 0.05) is 56.8 Å². The molecule has 6 rings (SSSR count). The van der Waals surface area contributed by atoms with Gasteiger partial charge in [-0.1, -0.05) is 49.4 Å². The van der Waals surface area contributed by atoms with E-state index in [-0.39, 0.29) is 35.8 Å². The van der Waals surface area contributed by atoms with E-state index in [1.807, 2.05) is 71.4 Å². The van der Waals surface area contributed by atoms with Crippen molar-refractivity contribution in [1.29, 1.82) is 0 Å². The Morgan fingerprint density at radius 1 is 1.00 bits per heavy atom. The molecule has 2 amide bonds. The fraction of sp³-hybridized carbons (Fsp3) is 0.412. The minimum Gasteiger partial charge on any atom is -0.388 e. The van der Waals surface area contributed by atoms with Crippen LogP contribution < -0.4 is 5.56 Å². The molecule has 9 heteroatoms. The summed E-state index contributed by atoms with van der Waals surface area (Å²) in [6, 6.07) is 19.6. The van der Waals surface area contributed by atoms with Crippen LogP contribution >= 0.6 is 0 Å². The van der Waals surface area contributed by atoms with Gasteiger partial charge in [0.05, 0.1) is 17.5 Å². The standard InChI is InChI=1S/C34H39N5O4/c1-3-24-8-7-11-26(20-24)31(40)38-17-13-27(29(21-38)25-9-5-4-6-10-25)32(41)37-18-14-34(43,15-19-37)22-39-23-35-30-28(33(39)42)12-16-36(30)2/h4-12,16,20,23,27,29,43H,3,13-15,17-19,21-22H2,1-2H3/t27-,29+/m1/s1. The average Bonchev–Trinajstić information content (AvgIpc) is 3.43. The summed E-state index contributed by atoms with van der Waals surface area (Å²) in [7, 11) is 1.84. The Hall–Kier alpha value is -4.24. The summed E-state index contributed by atoms with van der Waals surface area (Å²) in [6.07, 6.45) is 5.49. The van der Waals surface area contributed by atoms with Crippen LogP contribution in [0.5, 0.6) is 0 Å². The number of aryl methyl sites for hydroxylation is 2. The van der Waals surface area contributed by atoms with Crippen LogP contribution in [-0.4, -0.2) is 72.6 Å². The quantitative estimate of drug-likeness (QED) is 0.375. The van der Waals surface area contributed by atoms with Crippen molar-refractivity contribution in [1.82, 2.24) is 23.9 Å². The lowest BCUT2D eigenvalue weighted by molar-refractivity contribution is -0.142. The molecule has 2 aromatic carbocycles. The third-order valence-electron chi connectivity index (χ3n) is 9.35. The van der Waals surface area contributed by atoms with E-state index in [1.54, 1.807) is 16.8 Å². The maximum Gasteiger partial charge on any atom is 0.262 e. The number of fused-ring (bicyclic) bond motifs is 1. The molecule has 2 saturated heterocycles. The van der Waals surface area contributed by atoms with E-state index in [1.165, 1.54) is 10.9 Å². The number of rotatable bonds is 6. The van der Waals surface area contributed by atoms with Crippen LogP contribution in [0.2, 0.25) is 0 Å². The summed E-state index contributed by atoms with van der Waals surface area (Å²) < 4.78 is 3.28. The minimum atomic E-state index is -1.10. The van der Waals surface area contributed by atoms with Gasteiger partial charge in [-0.3, -0.25) is 19.0 Å². The molecule has 2 aliphatic rings.